The average Bonchev–Trinajstić information content (AvgIpc) is 2.64. The van der Waals surface area contributed by atoms with Crippen molar-refractivity contribution in [1.82, 2.24) is 9.88 Å². The molecule has 1 aliphatic heterocycles. The molecule has 0 atom stereocenters. The van der Waals surface area contributed by atoms with E-state index in [1.807, 2.05) is 18.2 Å². The summed E-state index contributed by atoms with van der Waals surface area (Å²) < 4.78 is 18.6. The van der Waals surface area contributed by atoms with E-state index in [-0.39, 0.29) is 11.7 Å². The average molecular weight is 343 g/mol. The summed E-state index contributed by atoms with van der Waals surface area (Å²) >= 11 is 0. The molecule has 1 amide bonds. The Morgan fingerprint density at radius 2 is 1.96 bits per heavy atom. The van der Waals surface area contributed by atoms with Crippen LogP contribution >= 0.6 is 0 Å². The Morgan fingerprint density at radius 3 is 2.64 bits per heavy atom. The van der Waals surface area contributed by atoms with Crippen molar-refractivity contribution < 1.29 is 13.9 Å². The number of benzene rings is 1. The van der Waals surface area contributed by atoms with E-state index in [4.69, 9.17) is 4.74 Å². The Labute approximate surface area is 146 Å². The molecule has 0 aliphatic carbocycles. The van der Waals surface area contributed by atoms with Gasteiger partial charge in [0, 0.05) is 18.0 Å². The summed E-state index contributed by atoms with van der Waals surface area (Å²) in [4.78, 5) is 18.4. The first-order valence-electron chi connectivity index (χ1n) is 8.50. The lowest BCUT2D eigenvalue weighted by Gasteiger charge is -2.31. The van der Waals surface area contributed by atoms with E-state index in [0.29, 0.717) is 30.6 Å². The number of likely N-dealkylation sites (tertiary alicyclic amines) is 1. The van der Waals surface area contributed by atoms with Crippen molar-refractivity contribution in [3.63, 3.8) is 0 Å². The molecule has 2 heterocycles. The minimum absolute atomic E-state index is 0.0743. The summed E-state index contributed by atoms with van der Waals surface area (Å²) in [5.41, 5.74) is 0.616. The summed E-state index contributed by atoms with van der Waals surface area (Å²) in [5, 5.41) is 2.79. The number of halogens is 1. The zero-order chi connectivity index (χ0) is 17.5. The molecule has 6 heteroatoms. The van der Waals surface area contributed by atoms with Gasteiger partial charge in [-0.05, 0) is 62.2 Å². The molecule has 1 N–H and O–H groups in total. The normalized spacial score (nSPS) is 15.7. The predicted molar refractivity (Wildman–Crippen MR) is 93.9 cm³/mol. The molecule has 1 fully saturated rings. The molecular formula is C19H22FN3O2. The number of pyridine rings is 1. The molecule has 0 spiro atoms. The fourth-order valence-corrected chi connectivity index (χ4v) is 2.88. The summed E-state index contributed by atoms with van der Waals surface area (Å²) in [7, 11) is 0. The van der Waals surface area contributed by atoms with Crippen molar-refractivity contribution in [2.75, 3.05) is 31.6 Å². The van der Waals surface area contributed by atoms with Crippen molar-refractivity contribution in [3.05, 3.63) is 54.5 Å². The smallest absolute Gasteiger partial charge is 0.238 e. The van der Waals surface area contributed by atoms with Gasteiger partial charge in [-0.1, -0.05) is 6.07 Å². The van der Waals surface area contributed by atoms with Gasteiger partial charge in [-0.15, -0.1) is 0 Å². The van der Waals surface area contributed by atoms with E-state index in [1.165, 1.54) is 12.1 Å². The highest BCUT2D eigenvalue weighted by Gasteiger charge is 2.21. The van der Waals surface area contributed by atoms with Crippen LogP contribution in [-0.4, -0.2) is 42.0 Å². The van der Waals surface area contributed by atoms with E-state index in [9.17, 15) is 9.18 Å². The first kappa shape index (κ1) is 17.4. The fraction of sp³-hybridized carbons (Fsp3) is 0.368. The van der Waals surface area contributed by atoms with Gasteiger partial charge in [0.25, 0.3) is 0 Å². The van der Waals surface area contributed by atoms with Crippen molar-refractivity contribution in [3.8, 4) is 5.88 Å². The van der Waals surface area contributed by atoms with Gasteiger partial charge in [-0.3, -0.25) is 9.69 Å². The number of carbonyl (C=O) groups is 1. The lowest BCUT2D eigenvalue weighted by molar-refractivity contribution is -0.117. The highest BCUT2D eigenvalue weighted by Crippen LogP contribution is 2.18. The first-order chi connectivity index (χ1) is 12.2. The van der Waals surface area contributed by atoms with Gasteiger partial charge in [-0.25, -0.2) is 9.37 Å². The Kier molecular flexibility index (Phi) is 5.95. The second kappa shape index (κ2) is 8.58. The van der Waals surface area contributed by atoms with Crippen LogP contribution in [0, 0.1) is 11.7 Å². The third kappa shape index (κ3) is 5.53. The molecule has 25 heavy (non-hydrogen) atoms. The Hall–Kier alpha value is -2.47. The molecule has 1 saturated heterocycles. The van der Waals surface area contributed by atoms with Gasteiger partial charge in [0.1, 0.15) is 5.82 Å². The number of carbonyl (C=O) groups excluding carboxylic acids is 1. The topological polar surface area (TPSA) is 54.5 Å². The molecule has 1 aliphatic rings. The number of anilines is 1. The Balaban J connectivity index is 1.37. The molecule has 5 nitrogen and oxygen atoms in total. The SMILES string of the molecule is O=C(CN1CCC(COc2ccccn2)CC1)Nc1ccc(F)cc1. The van der Waals surface area contributed by atoms with Crippen molar-refractivity contribution in [1.29, 1.82) is 0 Å². The van der Waals surface area contributed by atoms with E-state index >= 15 is 0 Å². The van der Waals surface area contributed by atoms with Gasteiger partial charge in [0.15, 0.2) is 0 Å². The molecule has 132 valence electrons. The van der Waals surface area contributed by atoms with Gasteiger partial charge < -0.3 is 10.1 Å². The van der Waals surface area contributed by atoms with Gasteiger partial charge >= 0.3 is 0 Å². The van der Waals surface area contributed by atoms with Crippen LogP contribution < -0.4 is 10.1 Å². The van der Waals surface area contributed by atoms with E-state index in [0.717, 1.165) is 25.9 Å². The van der Waals surface area contributed by atoms with Crippen molar-refractivity contribution >= 4 is 11.6 Å². The fourth-order valence-electron chi connectivity index (χ4n) is 2.88. The summed E-state index contributed by atoms with van der Waals surface area (Å²) in [6.07, 6.45) is 3.71. The minimum atomic E-state index is -0.312. The van der Waals surface area contributed by atoms with Crippen LogP contribution in [-0.2, 0) is 4.79 Å². The number of nitrogens with zero attached hydrogens (tertiary/aromatic N) is 2. The van der Waals surface area contributed by atoms with Crippen LogP contribution in [0.25, 0.3) is 0 Å². The van der Waals surface area contributed by atoms with Crippen LogP contribution in [0.15, 0.2) is 48.7 Å². The standard InChI is InChI=1S/C19H22FN3O2/c20-16-4-6-17(7-5-16)22-18(24)13-23-11-8-15(9-12-23)14-25-19-3-1-2-10-21-19/h1-7,10,15H,8-9,11-14H2,(H,22,24). The molecule has 3 rings (SSSR count). The number of piperidine rings is 1. The zero-order valence-corrected chi connectivity index (χ0v) is 14.0. The third-order valence-corrected chi connectivity index (χ3v) is 4.31. The van der Waals surface area contributed by atoms with Gasteiger partial charge in [0.05, 0.1) is 13.2 Å². The molecule has 2 aromatic rings. The molecule has 0 bridgehead atoms. The minimum Gasteiger partial charge on any atom is -0.477 e. The van der Waals surface area contributed by atoms with Gasteiger partial charge in [-0.2, -0.15) is 0 Å². The summed E-state index contributed by atoms with van der Waals surface area (Å²) in [5.74, 6) is 0.754. The monoisotopic (exact) mass is 343 g/mol. The summed E-state index contributed by atoms with van der Waals surface area (Å²) in [6.45, 7) is 2.75. The second-order valence-electron chi connectivity index (χ2n) is 6.25. The van der Waals surface area contributed by atoms with E-state index in [1.54, 1.807) is 18.3 Å². The molecule has 1 aromatic heterocycles. The maximum absolute atomic E-state index is 12.9. The Bertz CT molecular complexity index is 671. The van der Waals surface area contributed by atoms with E-state index in [2.05, 4.69) is 15.2 Å². The van der Waals surface area contributed by atoms with Crippen LogP contribution in [0.4, 0.5) is 10.1 Å². The maximum Gasteiger partial charge on any atom is 0.238 e. The van der Waals surface area contributed by atoms with E-state index < -0.39 is 0 Å². The number of nitrogens with one attached hydrogen (secondary N) is 1. The number of hydrogen-bond donors (Lipinski definition) is 1. The largest absolute Gasteiger partial charge is 0.477 e. The number of ether oxygens (including phenoxy) is 1. The lowest BCUT2D eigenvalue weighted by Crippen LogP contribution is -2.40. The third-order valence-electron chi connectivity index (χ3n) is 4.31. The quantitative estimate of drug-likeness (QED) is 0.876. The zero-order valence-electron chi connectivity index (χ0n) is 14.0. The molecule has 0 unspecified atom stereocenters. The highest BCUT2D eigenvalue weighted by molar-refractivity contribution is 5.92. The first-order valence-corrected chi connectivity index (χ1v) is 8.50. The predicted octanol–water partition coefficient (Wildman–Crippen LogP) is 2.95. The number of amides is 1. The number of aromatic nitrogens is 1. The molecule has 1 aromatic carbocycles. The maximum atomic E-state index is 12.9. The summed E-state index contributed by atoms with van der Waals surface area (Å²) in [6, 6.07) is 11.4. The van der Waals surface area contributed by atoms with Gasteiger partial charge in [0.2, 0.25) is 11.8 Å². The lowest BCUT2D eigenvalue weighted by atomic mass is 9.98. The second-order valence-corrected chi connectivity index (χ2v) is 6.25. The molecular weight excluding hydrogens is 321 g/mol. The van der Waals surface area contributed by atoms with Crippen LogP contribution in [0.5, 0.6) is 5.88 Å². The van der Waals surface area contributed by atoms with Crippen LogP contribution in [0.2, 0.25) is 0 Å². The molecule has 0 saturated carbocycles. The Morgan fingerprint density at radius 1 is 1.20 bits per heavy atom. The number of rotatable bonds is 6. The van der Waals surface area contributed by atoms with Crippen LogP contribution in [0.1, 0.15) is 12.8 Å². The van der Waals surface area contributed by atoms with Crippen molar-refractivity contribution in [2.24, 2.45) is 5.92 Å². The van der Waals surface area contributed by atoms with Crippen LogP contribution in [0.3, 0.4) is 0 Å². The number of hydrogen-bond acceptors (Lipinski definition) is 4. The molecule has 0 radical (unpaired) electrons. The van der Waals surface area contributed by atoms with Crippen molar-refractivity contribution in [2.45, 2.75) is 12.8 Å². The highest BCUT2D eigenvalue weighted by atomic mass is 19.1.